The van der Waals surface area contributed by atoms with E-state index < -0.39 is 10.8 Å². The number of ether oxygens (including phenoxy) is 1. The van der Waals surface area contributed by atoms with Crippen molar-refractivity contribution in [1.82, 2.24) is 10.3 Å². The largest absolute Gasteiger partial charge is 0.494 e. The molecule has 1 aliphatic rings. The van der Waals surface area contributed by atoms with Gasteiger partial charge >= 0.3 is 0 Å². The first-order chi connectivity index (χ1) is 10.3. The van der Waals surface area contributed by atoms with Gasteiger partial charge in [-0.25, -0.2) is 4.98 Å². The van der Waals surface area contributed by atoms with Crippen LogP contribution in [-0.2, 0) is 17.3 Å². The van der Waals surface area contributed by atoms with E-state index in [0.717, 1.165) is 53.2 Å². The molecular formula is C16H20N2O2S. The van der Waals surface area contributed by atoms with Gasteiger partial charge in [0.05, 0.1) is 12.8 Å². The molecule has 0 atom stereocenters. The molecule has 2 aromatic rings. The van der Waals surface area contributed by atoms with Crippen LogP contribution in [0.2, 0.25) is 0 Å². The molecule has 0 spiro atoms. The lowest BCUT2D eigenvalue weighted by Gasteiger charge is -2.22. The van der Waals surface area contributed by atoms with Crippen molar-refractivity contribution in [2.75, 3.05) is 18.6 Å². The number of hydrogen-bond donors (Lipinski definition) is 1. The average molecular weight is 304 g/mol. The summed E-state index contributed by atoms with van der Waals surface area (Å²) in [6.45, 7) is 0.741. The monoisotopic (exact) mass is 304 g/mol. The summed E-state index contributed by atoms with van der Waals surface area (Å²) < 4.78 is 16.7. The fourth-order valence-electron chi connectivity index (χ4n) is 2.67. The summed E-state index contributed by atoms with van der Waals surface area (Å²) in [5.74, 6) is 2.44. The fourth-order valence-corrected chi connectivity index (χ4v) is 3.97. The standard InChI is InChI=1S/C16H20N2O2S/c1-20-15-4-2-3-12-5-6-14(18-16(12)15)11-17-13-7-9-21(19)10-8-13/h2-6,13,17H,7-11H2,1H3. The van der Waals surface area contributed by atoms with E-state index in [-0.39, 0.29) is 0 Å². The van der Waals surface area contributed by atoms with E-state index in [1.54, 1.807) is 7.11 Å². The van der Waals surface area contributed by atoms with Crippen LogP contribution in [0.3, 0.4) is 0 Å². The number of fused-ring (bicyclic) bond motifs is 1. The van der Waals surface area contributed by atoms with E-state index in [2.05, 4.69) is 17.4 Å². The van der Waals surface area contributed by atoms with Crippen LogP contribution >= 0.6 is 0 Å². The van der Waals surface area contributed by atoms with E-state index in [0.29, 0.717) is 6.04 Å². The maximum absolute atomic E-state index is 11.4. The van der Waals surface area contributed by atoms with E-state index in [4.69, 9.17) is 9.72 Å². The van der Waals surface area contributed by atoms with Gasteiger partial charge < -0.3 is 10.1 Å². The van der Waals surface area contributed by atoms with E-state index in [1.807, 2.05) is 18.2 Å². The fraction of sp³-hybridized carbons (Fsp3) is 0.438. The minimum Gasteiger partial charge on any atom is -0.494 e. The van der Waals surface area contributed by atoms with Crippen LogP contribution in [0.25, 0.3) is 10.9 Å². The normalized spacial score (nSPS) is 22.3. The van der Waals surface area contributed by atoms with Gasteiger partial charge in [0, 0.05) is 40.3 Å². The first kappa shape index (κ1) is 14.5. The van der Waals surface area contributed by atoms with E-state index >= 15 is 0 Å². The smallest absolute Gasteiger partial charge is 0.145 e. The lowest BCUT2D eigenvalue weighted by molar-refractivity contribution is 0.418. The number of nitrogens with zero attached hydrogens (tertiary/aromatic N) is 1. The molecule has 0 bridgehead atoms. The third-order valence-corrected chi connectivity index (χ3v) is 5.30. The molecule has 1 fully saturated rings. The minimum atomic E-state index is -0.604. The summed E-state index contributed by atoms with van der Waals surface area (Å²) in [7, 11) is 1.07. The molecule has 2 heterocycles. The maximum atomic E-state index is 11.4. The molecule has 1 aliphatic heterocycles. The Hall–Kier alpha value is -1.46. The van der Waals surface area contributed by atoms with Crippen LogP contribution < -0.4 is 10.1 Å². The van der Waals surface area contributed by atoms with Gasteiger partial charge in [-0.2, -0.15) is 0 Å². The highest BCUT2D eigenvalue weighted by Gasteiger charge is 2.17. The molecule has 1 N–H and O–H groups in total. The summed E-state index contributed by atoms with van der Waals surface area (Å²) in [6, 6.07) is 10.5. The second-order valence-corrected chi connectivity index (χ2v) is 7.03. The Morgan fingerprint density at radius 2 is 2.10 bits per heavy atom. The molecule has 1 aromatic heterocycles. The predicted molar refractivity (Wildman–Crippen MR) is 86.0 cm³/mol. The average Bonchev–Trinajstić information content (AvgIpc) is 2.53. The number of methoxy groups -OCH3 is 1. The quantitative estimate of drug-likeness (QED) is 0.941. The van der Waals surface area contributed by atoms with Gasteiger partial charge in [0.1, 0.15) is 11.3 Å². The minimum absolute atomic E-state index is 0.456. The number of pyridine rings is 1. The molecule has 0 unspecified atom stereocenters. The molecule has 4 nitrogen and oxygen atoms in total. The van der Waals surface area contributed by atoms with Gasteiger partial charge in [-0.1, -0.05) is 18.2 Å². The molecule has 21 heavy (non-hydrogen) atoms. The van der Waals surface area contributed by atoms with Crippen molar-refractivity contribution in [3.63, 3.8) is 0 Å². The van der Waals surface area contributed by atoms with Crippen molar-refractivity contribution in [3.05, 3.63) is 36.0 Å². The van der Waals surface area contributed by atoms with Crippen LogP contribution in [0.4, 0.5) is 0 Å². The molecule has 3 rings (SSSR count). The Morgan fingerprint density at radius 1 is 1.29 bits per heavy atom. The van der Waals surface area contributed by atoms with Crippen molar-refractivity contribution < 1.29 is 8.95 Å². The summed E-state index contributed by atoms with van der Waals surface area (Å²) >= 11 is 0. The van der Waals surface area contributed by atoms with E-state index in [9.17, 15) is 4.21 Å². The van der Waals surface area contributed by atoms with Crippen molar-refractivity contribution in [2.24, 2.45) is 0 Å². The van der Waals surface area contributed by atoms with E-state index in [1.165, 1.54) is 0 Å². The Kier molecular flexibility index (Phi) is 4.51. The number of nitrogens with one attached hydrogen (secondary N) is 1. The molecule has 112 valence electrons. The Morgan fingerprint density at radius 3 is 2.86 bits per heavy atom. The number of para-hydroxylation sites is 1. The summed E-state index contributed by atoms with van der Waals surface area (Å²) in [6.07, 6.45) is 1.98. The molecule has 0 amide bonds. The zero-order chi connectivity index (χ0) is 14.7. The molecule has 1 saturated heterocycles. The topological polar surface area (TPSA) is 51.2 Å². The summed E-state index contributed by atoms with van der Waals surface area (Å²) in [5.41, 5.74) is 1.92. The lowest BCUT2D eigenvalue weighted by Crippen LogP contribution is -2.35. The van der Waals surface area contributed by atoms with Crippen molar-refractivity contribution in [3.8, 4) is 5.75 Å². The van der Waals surface area contributed by atoms with Crippen LogP contribution in [-0.4, -0.2) is 33.9 Å². The molecule has 0 saturated carbocycles. The van der Waals surface area contributed by atoms with Crippen LogP contribution in [0.1, 0.15) is 18.5 Å². The molecule has 0 radical (unpaired) electrons. The van der Waals surface area contributed by atoms with Gasteiger partial charge in [0.2, 0.25) is 0 Å². The van der Waals surface area contributed by atoms with Gasteiger partial charge in [-0.3, -0.25) is 4.21 Å². The Labute approximate surface area is 127 Å². The van der Waals surface area contributed by atoms with Gasteiger partial charge in [0.25, 0.3) is 0 Å². The van der Waals surface area contributed by atoms with Crippen LogP contribution in [0.5, 0.6) is 5.75 Å². The first-order valence-corrected chi connectivity index (χ1v) is 8.76. The Balaban J connectivity index is 1.71. The highest BCUT2D eigenvalue weighted by Crippen LogP contribution is 2.23. The predicted octanol–water partition coefficient (Wildman–Crippen LogP) is 2.24. The van der Waals surface area contributed by atoms with Crippen molar-refractivity contribution in [1.29, 1.82) is 0 Å². The third-order valence-electron chi connectivity index (χ3n) is 3.92. The van der Waals surface area contributed by atoms with Crippen molar-refractivity contribution >= 4 is 21.7 Å². The van der Waals surface area contributed by atoms with Crippen molar-refractivity contribution in [2.45, 2.75) is 25.4 Å². The lowest BCUT2D eigenvalue weighted by atomic mass is 10.1. The number of hydrogen-bond acceptors (Lipinski definition) is 4. The highest BCUT2D eigenvalue weighted by atomic mass is 32.2. The maximum Gasteiger partial charge on any atom is 0.145 e. The molecule has 5 heteroatoms. The SMILES string of the molecule is COc1cccc2ccc(CNC3CCS(=O)CC3)nc12. The van der Waals surface area contributed by atoms with Gasteiger partial charge in [-0.15, -0.1) is 0 Å². The third kappa shape index (κ3) is 3.41. The highest BCUT2D eigenvalue weighted by molar-refractivity contribution is 7.85. The zero-order valence-electron chi connectivity index (χ0n) is 12.2. The molecule has 0 aliphatic carbocycles. The number of rotatable bonds is 4. The molecular weight excluding hydrogens is 284 g/mol. The second kappa shape index (κ2) is 6.54. The molecule has 1 aromatic carbocycles. The number of aromatic nitrogens is 1. The van der Waals surface area contributed by atoms with Crippen LogP contribution in [0, 0.1) is 0 Å². The van der Waals surface area contributed by atoms with Crippen LogP contribution in [0.15, 0.2) is 30.3 Å². The zero-order valence-corrected chi connectivity index (χ0v) is 13.0. The Bertz CT molecular complexity index is 650. The first-order valence-electron chi connectivity index (χ1n) is 7.27. The number of benzene rings is 1. The van der Waals surface area contributed by atoms with Gasteiger partial charge in [-0.05, 0) is 25.0 Å². The van der Waals surface area contributed by atoms with Gasteiger partial charge in [0.15, 0.2) is 0 Å². The second-order valence-electron chi connectivity index (χ2n) is 5.34. The summed E-state index contributed by atoms with van der Waals surface area (Å²) in [4.78, 5) is 4.70. The summed E-state index contributed by atoms with van der Waals surface area (Å²) in [5, 5.41) is 4.61.